The molecule has 34 heavy (non-hydrogen) atoms. The number of aromatic hydroxyl groups is 4. The minimum absolute atomic E-state index is 0.0350. The quantitative estimate of drug-likeness (QED) is 0.298. The van der Waals surface area contributed by atoms with Crippen LogP contribution in [-0.4, -0.2) is 20.4 Å². The molecule has 0 aliphatic heterocycles. The predicted octanol–water partition coefficient (Wildman–Crippen LogP) is 7.41. The molecule has 1 aliphatic rings. The van der Waals surface area contributed by atoms with Crippen molar-refractivity contribution in [3.05, 3.63) is 84.1 Å². The van der Waals surface area contributed by atoms with Gasteiger partial charge in [-0.2, -0.15) is 10.2 Å². The molecule has 0 saturated heterocycles. The van der Waals surface area contributed by atoms with Crippen LogP contribution in [0.15, 0.2) is 99.0 Å². The SMILES string of the molecule is CC1(C)CC(c2ccc(N=Nc3ccc(O)cc3O)cc2)=CC=C1N=Nc1ccc(O)cc1O. The summed E-state index contributed by atoms with van der Waals surface area (Å²) in [7, 11) is 0. The Bertz CT molecular complexity index is 1340. The Morgan fingerprint density at radius 1 is 0.647 bits per heavy atom. The Kier molecular flexibility index (Phi) is 6.14. The summed E-state index contributed by atoms with van der Waals surface area (Å²) in [6.07, 6.45) is 4.66. The Labute approximate surface area is 196 Å². The standard InChI is InChI=1S/C26H24N4O4/c1-26(2)15-17(5-12-25(26)30-29-22-11-9-20(32)14-24(22)34)16-3-6-18(7-4-16)27-28-21-10-8-19(31)13-23(21)33/h3-14,31-34H,15H2,1-2H3. The van der Waals surface area contributed by atoms with Gasteiger partial charge in [-0.1, -0.05) is 32.1 Å². The normalized spacial score (nSPS) is 15.5. The maximum Gasteiger partial charge on any atom is 0.146 e. The van der Waals surface area contributed by atoms with E-state index in [9.17, 15) is 20.4 Å². The summed E-state index contributed by atoms with van der Waals surface area (Å²) in [5.74, 6) is -0.351. The van der Waals surface area contributed by atoms with Crippen molar-refractivity contribution >= 4 is 22.6 Å². The Morgan fingerprint density at radius 2 is 1.21 bits per heavy atom. The molecule has 3 aromatic rings. The van der Waals surface area contributed by atoms with Gasteiger partial charge in [0.05, 0.1) is 11.4 Å². The second-order valence-corrected chi connectivity index (χ2v) is 8.60. The first-order chi connectivity index (χ1) is 16.2. The van der Waals surface area contributed by atoms with Gasteiger partial charge in [-0.15, -0.1) is 10.2 Å². The molecule has 4 rings (SSSR count). The Morgan fingerprint density at radius 3 is 1.74 bits per heavy atom. The number of hydrogen-bond acceptors (Lipinski definition) is 8. The zero-order valence-corrected chi connectivity index (χ0v) is 18.7. The van der Waals surface area contributed by atoms with Crippen molar-refractivity contribution in [3.8, 4) is 23.0 Å². The van der Waals surface area contributed by atoms with Crippen molar-refractivity contribution in [1.29, 1.82) is 0 Å². The number of phenols is 4. The fourth-order valence-corrected chi connectivity index (χ4v) is 3.55. The summed E-state index contributed by atoms with van der Waals surface area (Å²) in [6, 6.07) is 15.9. The van der Waals surface area contributed by atoms with Gasteiger partial charge in [0.15, 0.2) is 0 Å². The van der Waals surface area contributed by atoms with Gasteiger partial charge in [0.25, 0.3) is 0 Å². The number of allylic oxidation sites excluding steroid dienone is 4. The molecule has 0 radical (unpaired) electrons. The van der Waals surface area contributed by atoms with E-state index in [-0.39, 0.29) is 39.8 Å². The molecule has 4 N–H and O–H groups in total. The van der Waals surface area contributed by atoms with Crippen molar-refractivity contribution in [2.24, 2.45) is 25.9 Å². The molecule has 172 valence electrons. The molecule has 0 amide bonds. The highest BCUT2D eigenvalue weighted by Crippen LogP contribution is 2.42. The van der Waals surface area contributed by atoms with Gasteiger partial charge in [0, 0.05) is 17.5 Å². The first-order valence-electron chi connectivity index (χ1n) is 10.6. The third-order valence-electron chi connectivity index (χ3n) is 5.46. The van der Waals surface area contributed by atoms with Crippen LogP contribution >= 0.6 is 0 Å². The number of hydrogen-bond donors (Lipinski definition) is 4. The fourth-order valence-electron chi connectivity index (χ4n) is 3.55. The molecular formula is C26H24N4O4. The maximum absolute atomic E-state index is 9.91. The van der Waals surface area contributed by atoms with E-state index in [4.69, 9.17) is 0 Å². The molecular weight excluding hydrogens is 432 g/mol. The average Bonchev–Trinajstić information content (AvgIpc) is 2.78. The zero-order chi connectivity index (χ0) is 24.3. The molecule has 3 aromatic carbocycles. The maximum atomic E-state index is 9.91. The van der Waals surface area contributed by atoms with Crippen LogP contribution in [0.5, 0.6) is 23.0 Å². The molecule has 8 heteroatoms. The molecule has 0 aromatic heterocycles. The third kappa shape index (κ3) is 5.12. The van der Waals surface area contributed by atoms with E-state index in [0.29, 0.717) is 5.69 Å². The number of phenolic OH excluding ortho intramolecular Hbond substituents is 4. The van der Waals surface area contributed by atoms with Gasteiger partial charge in [0.2, 0.25) is 0 Å². The monoisotopic (exact) mass is 456 g/mol. The summed E-state index contributed by atoms with van der Waals surface area (Å²) in [4.78, 5) is 0. The molecule has 0 saturated carbocycles. The largest absolute Gasteiger partial charge is 0.508 e. The summed E-state index contributed by atoms with van der Waals surface area (Å²) in [5.41, 5.74) is 3.86. The highest BCUT2D eigenvalue weighted by atomic mass is 16.3. The van der Waals surface area contributed by atoms with Crippen LogP contribution in [0, 0.1) is 5.41 Å². The van der Waals surface area contributed by atoms with E-state index >= 15 is 0 Å². The molecule has 8 nitrogen and oxygen atoms in total. The van der Waals surface area contributed by atoms with Crippen LogP contribution in [0.25, 0.3) is 5.57 Å². The number of nitrogens with zero attached hydrogens (tertiary/aromatic N) is 4. The van der Waals surface area contributed by atoms with Crippen LogP contribution in [0.2, 0.25) is 0 Å². The lowest BCUT2D eigenvalue weighted by Crippen LogP contribution is -2.16. The first-order valence-corrected chi connectivity index (χ1v) is 10.6. The smallest absolute Gasteiger partial charge is 0.146 e. The van der Waals surface area contributed by atoms with Crippen molar-refractivity contribution < 1.29 is 20.4 Å². The van der Waals surface area contributed by atoms with Gasteiger partial charge < -0.3 is 20.4 Å². The minimum atomic E-state index is -0.283. The average molecular weight is 457 g/mol. The predicted molar refractivity (Wildman–Crippen MR) is 129 cm³/mol. The Hall–Kier alpha value is -4.46. The van der Waals surface area contributed by atoms with E-state index < -0.39 is 0 Å². The summed E-state index contributed by atoms with van der Waals surface area (Å²) in [5, 5.41) is 55.2. The minimum Gasteiger partial charge on any atom is -0.508 e. The van der Waals surface area contributed by atoms with Gasteiger partial charge >= 0.3 is 0 Å². The highest BCUT2D eigenvalue weighted by molar-refractivity contribution is 5.71. The lowest BCUT2D eigenvalue weighted by molar-refractivity contribution is 0.443. The highest BCUT2D eigenvalue weighted by Gasteiger charge is 2.28. The molecule has 0 fully saturated rings. The van der Waals surface area contributed by atoms with E-state index in [2.05, 4.69) is 34.3 Å². The topological polar surface area (TPSA) is 130 Å². The number of azo groups is 2. The van der Waals surface area contributed by atoms with Crippen molar-refractivity contribution in [2.45, 2.75) is 20.3 Å². The second-order valence-electron chi connectivity index (χ2n) is 8.60. The van der Waals surface area contributed by atoms with Crippen molar-refractivity contribution in [3.63, 3.8) is 0 Å². The van der Waals surface area contributed by atoms with Crippen LogP contribution in [0.3, 0.4) is 0 Å². The second kappa shape index (κ2) is 9.19. The molecule has 0 bridgehead atoms. The lowest BCUT2D eigenvalue weighted by Gasteiger charge is -2.29. The van der Waals surface area contributed by atoms with Crippen LogP contribution in [0.4, 0.5) is 17.1 Å². The first kappa shape index (κ1) is 22.7. The van der Waals surface area contributed by atoms with E-state index in [1.165, 1.54) is 36.4 Å². The molecule has 0 spiro atoms. The van der Waals surface area contributed by atoms with E-state index in [1.54, 1.807) is 0 Å². The lowest BCUT2D eigenvalue weighted by atomic mass is 9.77. The van der Waals surface area contributed by atoms with Crippen LogP contribution in [0.1, 0.15) is 25.8 Å². The Balaban J connectivity index is 1.51. The van der Waals surface area contributed by atoms with Crippen LogP contribution < -0.4 is 0 Å². The van der Waals surface area contributed by atoms with Crippen LogP contribution in [-0.2, 0) is 0 Å². The fraction of sp³-hybridized carbons (Fsp3) is 0.154. The van der Waals surface area contributed by atoms with Gasteiger partial charge in [-0.3, -0.25) is 0 Å². The summed E-state index contributed by atoms with van der Waals surface area (Å²) < 4.78 is 0. The number of rotatable bonds is 5. The van der Waals surface area contributed by atoms with Crippen molar-refractivity contribution in [2.75, 3.05) is 0 Å². The van der Waals surface area contributed by atoms with Crippen molar-refractivity contribution in [1.82, 2.24) is 0 Å². The number of benzene rings is 3. The summed E-state index contributed by atoms with van der Waals surface area (Å²) in [6.45, 7) is 4.16. The van der Waals surface area contributed by atoms with Gasteiger partial charge in [-0.25, -0.2) is 0 Å². The third-order valence-corrected chi connectivity index (χ3v) is 5.46. The van der Waals surface area contributed by atoms with E-state index in [0.717, 1.165) is 23.3 Å². The summed E-state index contributed by atoms with van der Waals surface area (Å²) >= 11 is 0. The van der Waals surface area contributed by atoms with E-state index in [1.807, 2.05) is 36.4 Å². The molecule has 1 aliphatic carbocycles. The van der Waals surface area contributed by atoms with Gasteiger partial charge in [0.1, 0.15) is 34.4 Å². The molecule has 0 unspecified atom stereocenters. The molecule has 0 atom stereocenters. The molecule has 0 heterocycles. The van der Waals surface area contributed by atoms with Gasteiger partial charge in [-0.05, 0) is 60.0 Å². The zero-order valence-electron chi connectivity index (χ0n) is 18.7.